The Labute approximate surface area is 151 Å². The van der Waals surface area contributed by atoms with Gasteiger partial charge in [-0.15, -0.1) is 0 Å². The van der Waals surface area contributed by atoms with E-state index in [0.717, 1.165) is 44.6 Å². The number of aryl methyl sites for hydroxylation is 1. The quantitative estimate of drug-likeness (QED) is 0.423. The molecular weight excluding hydrogens is 318 g/mol. The van der Waals surface area contributed by atoms with Crippen LogP contribution in [0.5, 0.6) is 0 Å². The number of hydrogen-bond donors (Lipinski definition) is 0. The molecular formula is C23H17N3. The van der Waals surface area contributed by atoms with Crippen molar-refractivity contribution < 1.29 is 0 Å². The average Bonchev–Trinajstić information content (AvgIpc) is 3.02. The summed E-state index contributed by atoms with van der Waals surface area (Å²) in [6.07, 6.45) is 1.97. The SMILES string of the molecule is Cc1ccc2c3cnc(-c4ccccc4)cc3n(-c3ccccc3)c2n1. The minimum atomic E-state index is 0.967. The fraction of sp³-hybridized carbons (Fsp3) is 0.0435. The first kappa shape index (κ1) is 14.8. The van der Waals surface area contributed by atoms with Crippen LogP contribution in [0.2, 0.25) is 0 Å². The van der Waals surface area contributed by atoms with Crippen molar-refractivity contribution in [1.29, 1.82) is 0 Å². The second-order valence-corrected chi connectivity index (χ2v) is 6.45. The zero-order chi connectivity index (χ0) is 17.5. The first-order valence-corrected chi connectivity index (χ1v) is 8.70. The summed E-state index contributed by atoms with van der Waals surface area (Å²) in [6, 6.07) is 27.0. The van der Waals surface area contributed by atoms with Crippen molar-refractivity contribution in [3.8, 4) is 16.9 Å². The van der Waals surface area contributed by atoms with Gasteiger partial charge in [-0.25, -0.2) is 4.98 Å². The first-order valence-electron chi connectivity index (χ1n) is 8.70. The van der Waals surface area contributed by atoms with Gasteiger partial charge >= 0.3 is 0 Å². The molecule has 0 saturated heterocycles. The molecule has 0 unspecified atom stereocenters. The molecule has 0 atom stereocenters. The second-order valence-electron chi connectivity index (χ2n) is 6.45. The van der Waals surface area contributed by atoms with Gasteiger partial charge < -0.3 is 0 Å². The van der Waals surface area contributed by atoms with E-state index in [1.165, 1.54) is 0 Å². The summed E-state index contributed by atoms with van der Waals surface area (Å²) >= 11 is 0. The minimum Gasteiger partial charge on any atom is -0.294 e. The standard InChI is InChI=1S/C23H17N3/c1-16-12-13-19-20-15-24-21(17-8-4-2-5-9-17)14-22(20)26(23(19)25-16)18-10-6-3-7-11-18/h2-15H,1H3. The Morgan fingerprint density at radius 1 is 0.769 bits per heavy atom. The molecule has 124 valence electrons. The van der Waals surface area contributed by atoms with Gasteiger partial charge in [0.25, 0.3) is 0 Å². The third-order valence-corrected chi connectivity index (χ3v) is 4.72. The van der Waals surface area contributed by atoms with Gasteiger partial charge in [0, 0.05) is 33.9 Å². The Morgan fingerprint density at radius 3 is 2.27 bits per heavy atom. The highest BCUT2D eigenvalue weighted by Gasteiger charge is 2.15. The monoisotopic (exact) mass is 335 g/mol. The van der Waals surface area contributed by atoms with Gasteiger partial charge in [0.05, 0.1) is 11.2 Å². The fourth-order valence-electron chi connectivity index (χ4n) is 3.48. The Kier molecular flexibility index (Phi) is 3.32. The van der Waals surface area contributed by atoms with E-state index in [1.807, 2.05) is 37.4 Å². The third-order valence-electron chi connectivity index (χ3n) is 4.72. The van der Waals surface area contributed by atoms with Crippen molar-refractivity contribution in [2.24, 2.45) is 0 Å². The van der Waals surface area contributed by atoms with Gasteiger partial charge in [-0.2, -0.15) is 0 Å². The molecule has 0 N–H and O–H groups in total. The summed E-state index contributed by atoms with van der Waals surface area (Å²) in [7, 11) is 0. The molecule has 2 aromatic carbocycles. The molecule has 3 heterocycles. The summed E-state index contributed by atoms with van der Waals surface area (Å²) in [5.74, 6) is 0. The highest BCUT2D eigenvalue weighted by Crippen LogP contribution is 2.32. The lowest BCUT2D eigenvalue weighted by atomic mass is 10.1. The van der Waals surface area contributed by atoms with E-state index < -0.39 is 0 Å². The molecule has 0 saturated carbocycles. The van der Waals surface area contributed by atoms with E-state index in [0.29, 0.717) is 0 Å². The predicted molar refractivity (Wildman–Crippen MR) is 107 cm³/mol. The van der Waals surface area contributed by atoms with E-state index in [4.69, 9.17) is 9.97 Å². The Hall–Kier alpha value is -3.46. The highest BCUT2D eigenvalue weighted by atomic mass is 15.1. The number of nitrogens with zero attached hydrogens (tertiary/aromatic N) is 3. The van der Waals surface area contributed by atoms with Gasteiger partial charge in [-0.3, -0.25) is 9.55 Å². The van der Waals surface area contributed by atoms with Gasteiger partial charge in [0.1, 0.15) is 5.65 Å². The number of rotatable bonds is 2. The van der Waals surface area contributed by atoms with E-state index in [9.17, 15) is 0 Å². The maximum absolute atomic E-state index is 4.83. The number of pyridine rings is 2. The Balaban J connectivity index is 1.89. The molecule has 3 nitrogen and oxygen atoms in total. The maximum atomic E-state index is 4.83. The molecule has 3 aromatic heterocycles. The Bertz CT molecular complexity index is 1220. The van der Waals surface area contributed by atoms with Crippen LogP contribution in [-0.2, 0) is 0 Å². The van der Waals surface area contributed by atoms with E-state index in [1.54, 1.807) is 0 Å². The number of hydrogen-bond acceptors (Lipinski definition) is 2. The van der Waals surface area contributed by atoms with Crippen LogP contribution in [0.4, 0.5) is 0 Å². The predicted octanol–water partition coefficient (Wildman–Crippen LogP) is 5.55. The van der Waals surface area contributed by atoms with Crippen LogP contribution in [0, 0.1) is 6.92 Å². The highest BCUT2D eigenvalue weighted by molar-refractivity contribution is 6.08. The van der Waals surface area contributed by atoms with Crippen LogP contribution in [0.15, 0.2) is 85.1 Å². The normalized spacial score (nSPS) is 11.3. The number of fused-ring (bicyclic) bond motifs is 3. The molecule has 0 bridgehead atoms. The van der Waals surface area contributed by atoms with Crippen LogP contribution in [0.1, 0.15) is 5.69 Å². The largest absolute Gasteiger partial charge is 0.294 e. The molecule has 0 aliphatic rings. The van der Waals surface area contributed by atoms with Crippen LogP contribution in [0.25, 0.3) is 38.9 Å². The van der Waals surface area contributed by atoms with Crippen molar-refractivity contribution in [3.63, 3.8) is 0 Å². The summed E-state index contributed by atoms with van der Waals surface area (Å²) < 4.78 is 2.23. The van der Waals surface area contributed by atoms with E-state index >= 15 is 0 Å². The molecule has 5 rings (SSSR count). The van der Waals surface area contributed by atoms with Crippen molar-refractivity contribution in [2.45, 2.75) is 6.92 Å². The lowest BCUT2D eigenvalue weighted by Crippen LogP contribution is -1.96. The van der Waals surface area contributed by atoms with Crippen LogP contribution in [0.3, 0.4) is 0 Å². The molecule has 0 amide bonds. The Morgan fingerprint density at radius 2 is 1.50 bits per heavy atom. The molecule has 0 spiro atoms. The van der Waals surface area contributed by atoms with Crippen LogP contribution in [-0.4, -0.2) is 14.5 Å². The van der Waals surface area contributed by atoms with Crippen molar-refractivity contribution in [2.75, 3.05) is 0 Å². The molecule has 5 aromatic rings. The maximum Gasteiger partial charge on any atom is 0.145 e. The molecule has 26 heavy (non-hydrogen) atoms. The third kappa shape index (κ3) is 2.29. The summed E-state index contributed by atoms with van der Waals surface area (Å²) in [6.45, 7) is 2.03. The van der Waals surface area contributed by atoms with E-state index in [-0.39, 0.29) is 0 Å². The average molecular weight is 335 g/mol. The lowest BCUT2D eigenvalue weighted by Gasteiger charge is -2.08. The molecule has 0 radical (unpaired) electrons. The minimum absolute atomic E-state index is 0.967. The number of para-hydroxylation sites is 1. The summed E-state index contributed by atoms with van der Waals surface area (Å²) in [5.41, 5.74) is 6.29. The van der Waals surface area contributed by atoms with E-state index in [2.05, 4.69) is 59.2 Å². The second kappa shape index (κ2) is 5.81. The lowest BCUT2D eigenvalue weighted by molar-refractivity contribution is 1.11. The zero-order valence-electron chi connectivity index (χ0n) is 14.4. The number of benzene rings is 2. The van der Waals surface area contributed by atoms with Gasteiger partial charge in [0.2, 0.25) is 0 Å². The van der Waals surface area contributed by atoms with Crippen LogP contribution < -0.4 is 0 Å². The van der Waals surface area contributed by atoms with Crippen LogP contribution >= 0.6 is 0 Å². The van der Waals surface area contributed by atoms with Crippen molar-refractivity contribution in [1.82, 2.24) is 14.5 Å². The fourth-order valence-corrected chi connectivity index (χ4v) is 3.48. The first-order chi connectivity index (χ1) is 12.8. The molecule has 0 fully saturated rings. The molecule has 3 heteroatoms. The van der Waals surface area contributed by atoms with Crippen molar-refractivity contribution >= 4 is 21.9 Å². The van der Waals surface area contributed by atoms with Crippen molar-refractivity contribution in [3.05, 3.63) is 90.8 Å². The smallest absolute Gasteiger partial charge is 0.145 e. The molecule has 0 aliphatic carbocycles. The number of aromatic nitrogens is 3. The summed E-state index contributed by atoms with van der Waals surface area (Å²) in [5, 5.41) is 2.25. The van der Waals surface area contributed by atoms with Gasteiger partial charge in [-0.1, -0.05) is 48.5 Å². The van der Waals surface area contributed by atoms with Gasteiger partial charge in [-0.05, 0) is 37.3 Å². The summed E-state index contributed by atoms with van der Waals surface area (Å²) in [4.78, 5) is 9.54. The molecule has 0 aliphatic heterocycles. The zero-order valence-corrected chi connectivity index (χ0v) is 14.4. The topological polar surface area (TPSA) is 30.7 Å². The van der Waals surface area contributed by atoms with Gasteiger partial charge in [0.15, 0.2) is 0 Å².